The van der Waals surface area contributed by atoms with Crippen LogP contribution in [0.3, 0.4) is 0 Å². The molecule has 0 saturated carbocycles. The molecule has 3 aromatic heterocycles. The Kier molecular flexibility index (Phi) is 5.49. The van der Waals surface area contributed by atoms with Gasteiger partial charge in [0.15, 0.2) is 0 Å². The van der Waals surface area contributed by atoms with Gasteiger partial charge >= 0.3 is 5.97 Å². The van der Waals surface area contributed by atoms with Crippen molar-refractivity contribution in [3.63, 3.8) is 0 Å². The minimum absolute atomic E-state index is 0.0275. The van der Waals surface area contributed by atoms with Gasteiger partial charge < -0.3 is 9.47 Å². The molecule has 0 fully saturated rings. The van der Waals surface area contributed by atoms with Gasteiger partial charge in [0.05, 0.1) is 19.9 Å². The largest absolute Gasteiger partial charge is 0.481 e. The number of aromatic nitrogens is 5. The zero-order valence-corrected chi connectivity index (χ0v) is 17.1. The fourth-order valence-electron chi connectivity index (χ4n) is 2.05. The number of nitrogens with zero attached hydrogens (tertiary/aromatic N) is 5. The van der Waals surface area contributed by atoms with Crippen molar-refractivity contribution in [2.24, 2.45) is 0 Å². The number of aryl methyl sites for hydroxylation is 1. The fourth-order valence-corrected chi connectivity index (χ4v) is 4.21. The van der Waals surface area contributed by atoms with Gasteiger partial charge in [-0.05, 0) is 17.9 Å². The van der Waals surface area contributed by atoms with Crippen LogP contribution >= 0.6 is 22.9 Å². The number of esters is 1. The molecule has 0 amide bonds. The Morgan fingerprint density at radius 1 is 1.32 bits per heavy atom. The van der Waals surface area contributed by atoms with Gasteiger partial charge in [0.25, 0.3) is 21.1 Å². The third-order valence-corrected chi connectivity index (χ3v) is 5.78. The summed E-state index contributed by atoms with van der Waals surface area (Å²) in [5.41, 5.74) is 0.658. The van der Waals surface area contributed by atoms with E-state index in [0.717, 1.165) is 22.3 Å². The van der Waals surface area contributed by atoms with Crippen molar-refractivity contribution < 1.29 is 22.7 Å². The molecule has 0 unspecified atom stereocenters. The van der Waals surface area contributed by atoms with Crippen LogP contribution in [0.5, 0.6) is 5.88 Å². The molecule has 0 saturated heterocycles. The van der Waals surface area contributed by atoms with E-state index in [9.17, 15) is 13.2 Å². The lowest BCUT2D eigenvalue weighted by Crippen LogP contribution is -2.17. The summed E-state index contributed by atoms with van der Waals surface area (Å²) in [6.45, 7) is 1.65. The van der Waals surface area contributed by atoms with Crippen LogP contribution in [0.2, 0.25) is 5.15 Å². The van der Waals surface area contributed by atoms with Gasteiger partial charge in [-0.15, -0.1) is 16.4 Å². The van der Waals surface area contributed by atoms with E-state index in [4.69, 9.17) is 16.3 Å². The third-order valence-electron chi connectivity index (χ3n) is 3.37. The number of halogens is 1. The van der Waals surface area contributed by atoms with Crippen LogP contribution in [0.25, 0.3) is 5.95 Å². The Labute approximate surface area is 168 Å². The zero-order valence-electron chi connectivity index (χ0n) is 14.7. The zero-order chi connectivity index (χ0) is 20.5. The van der Waals surface area contributed by atoms with E-state index in [1.54, 1.807) is 12.3 Å². The molecule has 0 aliphatic rings. The lowest BCUT2D eigenvalue weighted by Gasteiger charge is -2.07. The maximum Gasteiger partial charge on any atom is 0.350 e. The molecule has 148 valence electrons. The summed E-state index contributed by atoms with van der Waals surface area (Å²) in [5.74, 6) is -0.515. The molecular formula is C14H13ClN6O5S2. The molecular weight excluding hydrogens is 432 g/mol. The molecule has 14 heteroatoms. The van der Waals surface area contributed by atoms with E-state index < -0.39 is 21.1 Å². The maximum atomic E-state index is 12.7. The third kappa shape index (κ3) is 3.90. The van der Waals surface area contributed by atoms with Crippen molar-refractivity contribution in [2.75, 3.05) is 18.9 Å². The second-order valence-corrected chi connectivity index (χ2v) is 8.07. The van der Waals surface area contributed by atoms with Crippen LogP contribution in [0.15, 0.2) is 22.9 Å². The molecule has 11 nitrogen and oxygen atoms in total. The number of methoxy groups -OCH3 is 2. The van der Waals surface area contributed by atoms with E-state index in [-0.39, 0.29) is 27.5 Å². The molecule has 28 heavy (non-hydrogen) atoms. The van der Waals surface area contributed by atoms with Gasteiger partial charge in [-0.3, -0.25) is 4.72 Å². The van der Waals surface area contributed by atoms with Crippen molar-refractivity contribution in [1.82, 2.24) is 24.7 Å². The Hall–Kier alpha value is -2.77. The van der Waals surface area contributed by atoms with Crippen molar-refractivity contribution in [3.05, 3.63) is 33.4 Å². The highest BCUT2D eigenvalue weighted by atomic mass is 35.5. The average molecular weight is 445 g/mol. The molecule has 0 spiro atoms. The van der Waals surface area contributed by atoms with Crippen molar-refractivity contribution in [3.8, 4) is 11.8 Å². The van der Waals surface area contributed by atoms with Crippen LogP contribution in [0, 0.1) is 6.92 Å². The highest BCUT2D eigenvalue weighted by Crippen LogP contribution is 2.30. The highest BCUT2D eigenvalue weighted by molar-refractivity contribution is 7.92. The van der Waals surface area contributed by atoms with E-state index in [1.807, 2.05) is 0 Å². The van der Waals surface area contributed by atoms with Crippen molar-refractivity contribution in [2.45, 2.75) is 12.1 Å². The predicted octanol–water partition coefficient (Wildman–Crippen LogP) is 1.68. The number of hydrogen-bond acceptors (Lipinski definition) is 10. The number of rotatable bonds is 6. The van der Waals surface area contributed by atoms with Crippen LogP contribution < -0.4 is 9.46 Å². The molecule has 3 rings (SSSR count). The first-order chi connectivity index (χ1) is 13.2. The Balaban J connectivity index is 1.94. The molecule has 0 aliphatic carbocycles. The number of thiophene rings is 1. The van der Waals surface area contributed by atoms with Gasteiger partial charge in [0, 0.05) is 6.07 Å². The Morgan fingerprint density at radius 2 is 2.07 bits per heavy atom. The van der Waals surface area contributed by atoms with Gasteiger partial charge in [-0.25, -0.2) is 9.78 Å². The summed E-state index contributed by atoms with van der Waals surface area (Å²) < 4.78 is 38.3. The second kappa shape index (κ2) is 7.69. The first-order valence-corrected chi connectivity index (χ1v) is 10.2. The molecule has 0 atom stereocenters. The maximum absolute atomic E-state index is 12.7. The smallest absolute Gasteiger partial charge is 0.350 e. The fraction of sp³-hybridized carbons (Fsp3) is 0.214. The van der Waals surface area contributed by atoms with Gasteiger partial charge in [0.2, 0.25) is 5.88 Å². The highest BCUT2D eigenvalue weighted by Gasteiger charge is 2.26. The van der Waals surface area contributed by atoms with Gasteiger partial charge in [-0.2, -0.15) is 23.1 Å². The first kappa shape index (κ1) is 20.0. The lowest BCUT2D eigenvalue weighted by molar-refractivity contribution is 0.0607. The van der Waals surface area contributed by atoms with E-state index in [2.05, 4.69) is 29.5 Å². The first-order valence-electron chi connectivity index (χ1n) is 7.45. The van der Waals surface area contributed by atoms with E-state index in [1.165, 1.54) is 20.3 Å². The number of ether oxygens (including phenoxy) is 2. The number of hydrogen-bond donors (Lipinski definition) is 1. The Morgan fingerprint density at radius 3 is 2.75 bits per heavy atom. The summed E-state index contributed by atoms with van der Waals surface area (Å²) in [5, 5.41) is 5.04. The summed E-state index contributed by atoms with van der Waals surface area (Å²) in [7, 11) is -1.60. The second-order valence-electron chi connectivity index (χ2n) is 5.22. The molecule has 0 aromatic carbocycles. The van der Waals surface area contributed by atoms with E-state index >= 15 is 0 Å². The van der Waals surface area contributed by atoms with Gasteiger partial charge in [-0.1, -0.05) is 11.6 Å². The number of nitrogens with one attached hydrogen (secondary N) is 1. The minimum atomic E-state index is -4.20. The number of carbonyl (C=O) groups is 1. The predicted molar refractivity (Wildman–Crippen MR) is 99.7 cm³/mol. The number of anilines is 1. The standard InChI is InChI=1S/C14H13ClN6O5S2/c1-7-5-27-11(12(22)26-3)10(7)20-28(23,24)14-16-6-21(19-14)13-17-8(15)4-9(18-13)25-2/h4-6,20H,1-3H3. The average Bonchev–Trinajstić information content (AvgIpc) is 3.29. The summed E-state index contributed by atoms with van der Waals surface area (Å²) in [4.78, 5) is 23.7. The monoisotopic (exact) mass is 444 g/mol. The van der Waals surface area contributed by atoms with Crippen LogP contribution in [-0.2, 0) is 14.8 Å². The number of carbonyl (C=O) groups excluding carboxylic acids is 1. The molecule has 0 radical (unpaired) electrons. The molecule has 0 aliphatic heterocycles. The van der Waals surface area contributed by atoms with Crippen LogP contribution in [-0.4, -0.2) is 53.3 Å². The molecule has 3 aromatic rings. The molecule has 1 N–H and O–H groups in total. The summed E-state index contributed by atoms with van der Waals surface area (Å²) in [6, 6.07) is 1.38. The number of sulfonamides is 1. The molecule has 0 bridgehead atoms. The van der Waals surface area contributed by atoms with Gasteiger partial charge in [0.1, 0.15) is 16.4 Å². The SMILES string of the molecule is COC(=O)c1scc(C)c1NS(=O)(=O)c1ncn(-c2nc(Cl)cc(OC)n2)n1. The van der Waals surface area contributed by atoms with Crippen LogP contribution in [0.1, 0.15) is 15.2 Å². The minimum Gasteiger partial charge on any atom is -0.481 e. The topological polar surface area (TPSA) is 138 Å². The van der Waals surface area contributed by atoms with Crippen molar-refractivity contribution >= 4 is 44.6 Å². The summed E-state index contributed by atoms with van der Waals surface area (Å²) >= 11 is 6.94. The quantitative estimate of drug-likeness (QED) is 0.444. The van der Waals surface area contributed by atoms with Crippen LogP contribution in [0.4, 0.5) is 5.69 Å². The van der Waals surface area contributed by atoms with E-state index in [0.29, 0.717) is 5.56 Å². The molecule has 3 heterocycles. The Bertz CT molecular complexity index is 1140. The summed E-state index contributed by atoms with van der Waals surface area (Å²) in [6.07, 6.45) is 1.11. The normalized spacial score (nSPS) is 11.3. The lowest BCUT2D eigenvalue weighted by atomic mass is 10.3. The van der Waals surface area contributed by atoms with Crippen molar-refractivity contribution in [1.29, 1.82) is 0 Å².